The number of nitrogens with one attached hydrogen (secondary N) is 1. The summed E-state index contributed by atoms with van der Waals surface area (Å²) in [4.78, 5) is 11.9. The van der Waals surface area contributed by atoms with Crippen molar-refractivity contribution >= 4 is 23.2 Å². The van der Waals surface area contributed by atoms with E-state index >= 15 is 0 Å². The molecule has 0 radical (unpaired) electrons. The van der Waals surface area contributed by atoms with Gasteiger partial charge in [0, 0.05) is 5.69 Å². The summed E-state index contributed by atoms with van der Waals surface area (Å²) in [6.07, 6.45) is 0. The van der Waals surface area contributed by atoms with Crippen molar-refractivity contribution in [2.24, 2.45) is 0 Å². The van der Waals surface area contributed by atoms with Crippen LogP contribution in [0.3, 0.4) is 0 Å². The number of aryl methyl sites for hydroxylation is 1. The van der Waals surface area contributed by atoms with Crippen LogP contribution < -0.4 is 10.1 Å². The number of amides is 1. The molecular formula is C13H12ClN3O2. The van der Waals surface area contributed by atoms with Gasteiger partial charge in [-0.3, -0.25) is 4.79 Å². The van der Waals surface area contributed by atoms with Crippen LogP contribution in [-0.4, -0.2) is 23.2 Å². The first-order chi connectivity index (χ1) is 9.10. The summed E-state index contributed by atoms with van der Waals surface area (Å²) in [6.45, 7) is 1.88. The highest BCUT2D eigenvalue weighted by Crippen LogP contribution is 2.21. The van der Waals surface area contributed by atoms with E-state index in [0.717, 1.165) is 11.3 Å². The predicted molar refractivity (Wildman–Crippen MR) is 72.7 cm³/mol. The highest BCUT2D eigenvalue weighted by Gasteiger charge is 2.10. The van der Waals surface area contributed by atoms with E-state index < -0.39 is 0 Å². The molecule has 0 spiro atoms. The van der Waals surface area contributed by atoms with E-state index in [-0.39, 0.29) is 16.8 Å². The van der Waals surface area contributed by atoms with Crippen LogP contribution in [-0.2, 0) is 0 Å². The minimum atomic E-state index is -0.336. The van der Waals surface area contributed by atoms with Gasteiger partial charge in [0.2, 0.25) is 0 Å². The SMILES string of the molecule is COc1ccc(NC(=O)c2ccc(Cl)nn2)c(C)c1. The summed E-state index contributed by atoms with van der Waals surface area (Å²) in [6, 6.07) is 8.42. The topological polar surface area (TPSA) is 64.1 Å². The molecule has 5 nitrogen and oxygen atoms in total. The molecule has 1 aromatic heterocycles. The predicted octanol–water partition coefficient (Wildman–Crippen LogP) is 2.70. The van der Waals surface area contributed by atoms with Crippen molar-refractivity contribution in [3.05, 3.63) is 46.7 Å². The lowest BCUT2D eigenvalue weighted by molar-refractivity contribution is 0.102. The Morgan fingerprint density at radius 2 is 2.05 bits per heavy atom. The number of carbonyl (C=O) groups is 1. The number of benzene rings is 1. The van der Waals surface area contributed by atoms with Crippen molar-refractivity contribution in [1.82, 2.24) is 10.2 Å². The second-order valence-electron chi connectivity index (χ2n) is 3.88. The molecular weight excluding hydrogens is 266 g/mol. The number of aromatic nitrogens is 2. The van der Waals surface area contributed by atoms with Crippen molar-refractivity contribution in [3.8, 4) is 5.75 Å². The van der Waals surface area contributed by atoms with Crippen LogP contribution in [0.5, 0.6) is 5.75 Å². The number of ether oxygens (including phenoxy) is 1. The molecule has 1 heterocycles. The summed E-state index contributed by atoms with van der Waals surface area (Å²) in [7, 11) is 1.59. The maximum atomic E-state index is 11.9. The van der Waals surface area contributed by atoms with Crippen LogP contribution >= 0.6 is 11.6 Å². The first-order valence-electron chi connectivity index (χ1n) is 5.55. The number of nitrogens with zero attached hydrogens (tertiary/aromatic N) is 2. The average Bonchev–Trinajstić information content (AvgIpc) is 2.41. The molecule has 6 heteroatoms. The van der Waals surface area contributed by atoms with Gasteiger partial charge in [-0.1, -0.05) is 11.6 Å². The first kappa shape index (κ1) is 13.3. The Kier molecular flexibility index (Phi) is 3.97. The Hall–Kier alpha value is -2.14. The number of hydrogen-bond acceptors (Lipinski definition) is 4. The van der Waals surface area contributed by atoms with E-state index in [1.165, 1.54) is 12.1 Å². The standard InChI is InChI=1S/C13H12ClN3O2/c1-8-7-9(19-2)3-4-10(8)15-13(18)11-5-6-12(14)17-16-11/h3-7H,1-2H3,(H,15,18). The van der Waals surface area contributed by atoms with Gasteiger partial charge in [-0.15, -0.1) is 10.2 Å². The third-order valence-corrected chi connectivity index (χ3v) is 2.75. The van der Waals surface area contributed by atoms with E-state index in [0.29, 0.717) is 5.69 Å². The number of anilines is 1. The summed E-state index contributed by atoms with van der Waals surface area (Å²) >= 11 is 5.62. The quantitative estimate of drug-likeness (QED) is 0.937. The van der Waals surface area contributed by atoms with E-state index in [1.807, 2.05) is 13.0 Å². The van der Waals surface area contributed by atoms with Crippen LogP contribution in [0.4, 0.5) is 5.69 Å². The van der Waals surface area contributed by atoms with Gasteiger partial charge >= 0.3 is 0 Å². The molecule has 0 saturated heterocycles. The van der Waals surface area contributed by atoms with Crippen molar-refractivity contribution in [2.75, 3.05) is 12.4 Å². The lowest BCUT2D eigenvalue weighted by Crippen LogP contribution is -2.14. The molecule has 0 bridgehead atoms. The van der Waals surface area contributed by atoms with Crippen LogP contribution in [0.25, 0.3) is 0 Å². The minimum absolute atomic E-state index is 0.208. The number of carbonyl (C=O) groups excluding carboxylic acids is 1. The zero-order valence-electron chi connectivity index (χ0n) is 10.5. The van der Waals surface area contributed by atoms with Gasteiger partial charge in [0.25, 0.3) is 5.91 Å². The van der Waals surface area contributed by atoms with Crippen LogP contribution in [0.2, 0.25) is 5.15 Å². The lowest BCUT2D eigenvalue weighted by Gasteiger charge is -2.09. The lowest BCUT2D eigenvalue weighted by atomic mass is 10.2. The van der Waals surface area contributed by atoms with Gasteiger partial charge in [-0.25, -0.2) is 0 Å². The summed E-state index contributed by atoms with van der Waals surface area (Å²) in [5.74, 6) is 0.402. The van der Waals surface area contributed by atoms with E-state index in [1.54, 1.807) is 19.2 Å². The third kappa shape index (κ3) is 3.20. The Morgan fingerprint density at radius 3 is 2.63 bits per heavy atom. The fraction of sp³-hybridized carbons (Fsp3) is 0.154. The average molecular weight is 278 g/mol. The van der Waals surface area contributed by atoms with Crippen molar-refractivity contribution in [1.29, 1.82) is 0 Å². The molecule has 0 unspecified atom stereocenters. The molecule has 0 aliphatic carbocycles. The van der Waals surface area contributed by atoms with E-state index in [4.69, 9.17) is 16.3 Å². The highest BCUT2D eigenvalue weighted by atomic mass is 35.5. The second-order valence-corrected chi connectivity index (χ2v) is 4.26. The molecule has 1 aromatic carbocycles. The summed E-state index contributed by atoms with van der Waals surface area (Å²) in [5, 5.41) is 10.3. The number of methoxy groups -OCH3 is 1. The minimum Gasteiger partial charge on any atom is -0.497 e. The molecule has 0 atom stereocenters. The molecule has 0 fully saturated rings. The van der Waals surface area contributed by atoms with Crippen LogP contribution in [0.15, 0.2) is 30.3 Å². The van der Waals surface area contributed by atoms with Crippen molar-refractivity contribution in [2.45, 2.75) is 6.92 Å². The largest absolute Gasteiger partial charge is 0.497 e. The molecule has 2 rings (SSSR count). The van der Waals surface area contributed by atoms with Gasteiger partial charge in [-0.2, -0.15) is 0 Å². The van der Waals surface area contributed by atoms with Gasteiger partial charge < -0.3 is 10.1 Å². The van der Waals surface area contributed by atoms with Crippen LogP contribution in [0, 0.1) is 6.92 Å². The zero-order valence-corrected chi connectivity index (χ0v) is 11.2. The molecule has 1 amide bonds. The van der Waals surface area contributed by atoms with Crippen molar-refractivity contribution in [3.63, 3.8) is 0 Å². The maximum absolute atomic E-state index is 11.9. The number of rotatable bonds is 3. The zero-order chi connectivity index (χ0) is 13.8. The molecule has 2 aromatic rings. The fourth-order valence-corrected chi connectivity index (χ4v) is 1.63. The number of hydrogen-bond donors (Lipinski definition) is 1. The second kappa shape index (κ2) is 5.67. The van der Waals surface area contributed by atoms with Gasteiger partial charge in [0.05, 0.1) is 7.11 Å². The van der Waals surface area contributed by atoms with E-state index in [2.05, 4.69) is 15.5 Å². The number of halogens is 1. The summed E-state index contributed by atoms with van der Waals surface area (Å²) < 4.78 is 5.10. The summed E-state index contributed by atoms with van der Waals surface area (Å²) in [5.41, 5.74) is 1.80. The van der Waals surface area contributed by atoms with Gasteiger partial charge in [0.15, 0.2) is 10.8 Å². The van der Waals surface area contributed by atoms with Crippen molar-refractivity contribution < 1.29 is 9.53 Å². The Labute approximate surface area is 115 Å². The molecule has 0 saturated carbocycles. The van der Waals surface area contributed by atoms with Gasteiger partial charge in [-0.05, 0) is 42.8 Å². The smallest absolute Gasteiger partial charge is 0.276 e. The molecule has 19 heavy (non-hydrogen) atoms. The monoisotopic (exact) mass is 277 g/mol. The Bertz CT molecular complexity index is 599. The maximum Gasteiger partial charge on any atom is 0.276 e. The highest BCUT2D eigenvalue weighted by molar-refractivity contribution is 6.29. The van der Waals surface area contributed by atoms with Gasteiger partial charge in [0.1, 0.15) is 5.75 Å². The Morgan fingerprint density at radius 1 is 1.26 bits per heavy atom. The fourth-order valence-electron chi connectivity index (χ4n) is 1.53. The first-order valence-corrected chi connectivity index (χ1v) is 5.93. The van der Waals surface area contributed by atoms with Crippen LogP contribution in [0.1, 0.15) is 16.1 Å². The Balaban J connectivity index is 2.17. The third-order valence-electron chi connectivity index (χ3n) is 2.55. The molecule has 1 N–H and O–H groups in total. The molecule has 98 valence electrons. The molecule has 0 aliphatic heterocycles. The molecule has 0 aliphatic rings. The van der Waals surface area contributed by atoms with E-state index in [9.17, 15) is 4.79 Å². The normalized spacial score (nSPS) is 10.1.